The summed E-state index contributed by atoms with van der Waals surface area (Å²) in [5, 5.41) is 31.7. The van der Waals surface area contributed by atoms with Crippen molar-refractivity contribution in [2.24, 2.45) is 0 Å². The second-order valence-electron chi connectivity index (χ2n) is 3.76. The molecule has 1 unspecified atom stereocenters. The summed E-state index contributed by atoms with van der Waals surface area (Å²) in [6.45, 7) is 1.85. The lowest BCUT2D eigenvalue weighted by Crippen LogP contribution is -2.40. The van der Waals surface area contributed by atoms with E-state index in [2.05, 4.69) is 5.32 Å². The van der Waals surface area contributed by atoms with Gasteiger partial charge >= 0.3 is 5.00 Å². The quantitative estimate of drug-likeness (QED) is 0.501. The van der Waals surface area contributed by atoms with Gasteiger partial charge in [-0.3, -0.25) is 10.1 Å². The van der Waals surface area contributed by atoms with E-state index in [1.54, 1.807) is 6.07 Å². The average molecular weight is 246 g/mol. The fraction of sp³-hybridized carbons (Fsp3) is 0.556. The first-order chi connectivity index (χ1) is 7.44. The topological polar surface area (TPSA) is 95.6 Å². The summed E-state index contributed by atoms with van der Waals surface area (Å²) in [6.07, 6.45) is 0. The fourth-order valence-corrected chi connectivity index (χ4v) is 1.86. The lowest BCUT2D eigenvalue weighted by molar-refractivity contribution is -0.380. The first-order valence-electron chi connectivity index (χ1n) is 4.72. The average Bonchev–Trinajstić information content (AvgIpc) is 2.66. The zero-order chi connectivity index (χ0) is 12.2. The molecule has 0 saturated heterocycles. The molecule has 0 radical (unpaired) electrons. The first-order valence-corrected chi connectivity index (χ1v) is 5.53. The molecule has 0 bridgehead atoms. The molecule has 0 spiro atoms. The number of nitrogens with one attached hydrogen (secondary N) is 1. The highest BCUT2D eigenvalue weighted by Gasteiger charge is 2.18. The predicted molar refractivity (Wildman–Crippen MR) is 60.4 cm³/mol. The molecule has 0 aliphatic heterocycles. The van der Waals surface area contributed by atoms with E-state index in [0.29, 0.717) is 6.54 Å². The van der Waals surface area contributed by atoms with Crippen LogP contribution in [-0.4, -0.2) is 33.9 Å². The van der Waals surface area contributed by atoms with Crippen molar-refractivity contribution in [2.45, 2.75) is 19.1 Å². The number of nitrogens with zero attached hydrogens (tertiary/aromatic N) is 1. The van der Waals surface area contributed by atoms with Crippen LogP contribution in [0.2, 0.25) is 0 Å². The minimum Gasteiger partial charge on any atom is -0.393 e. The van der Waals surface area contributed by atoms with Gasteiger partial charge in [-0.05, 0) is 13.0 Å². The molecule has 0 fully saturated rings. The van der Waals surface area contributed by atoms with E-state index in [9.17, 15) is 15.2 Å². The smallest absolute Gasteiger partial charge is 0.324 e. The molecule has 1 atom stereocenters. The van der Waals surface area contributed by atoms with Crippen LogP contribution < -0.4 is 5.32 Å². The van der Waals surface area contributed by atoms with Crippen LogP contribution in [0.3, 0.4) is 0 Å². The third-order valence-corrected chi connectivity index (χ3v) is 3.01. The van der Waals surface area contributed by atoms with Crippen LogP contribution in [0.5, 0.6) is 0 Å². The van der Waals surface area contributed by atoms with Gasteiger partial charge in [0.15, 0.2) is 0 Å². The van der Waals surface area contributed by atoms with E-state index < -0.39 is 10.5 Å². The Kier molecular flexibility index (Phi) is 4.36. The molecule has 0 amide bonds. The molecule has 90 valence electrons. The van der Waals surface area contributed by atoms with Gasteiger partial charge in [0.05, 0.1) is 17.1 Å². The minimum atomic E-state index is -1.16. The number of rotatable bonds is 6. The van der Waals surface area contributed by atoms with Crippen molar-refractivity contribution in [2.75, 3.05) is 13.2 Å². The third kappa shape index (κ3) is 3.86. The molecule has 0 aromatic carbocycles. The van der Waals surface area contributed by atoms with E-state index in [-0.39, 0.29) is 18.2 Å². The number of hydrogen-bond donors (Lipinski definition) is 3. The zero-order valence-corrected chi connectivity index (χ0v) is 9.66. The fourth-order valence-electron chi connectivity index (χ4n) is 1.07. The first kappa shape index (κ1) is 13.0. The van der Waals surface area contributed by atoms with E-state index in [1.165, 1.54) is 13.0 Å². The van der Waals surface area contributed by atoms with Crippen molar-refractivity contribution < 1.29 is 15.1 Å². The predicted octanol–water partition coefficient (Wildman–Crippen LogP) is 0.489. The second-order valence-corrected chi connectivity index (χ2v) is 4.90. The Morgan fingerprint density at radius 3 is 2.81 bits per heavy atom. The van der Waals surface area contributed by atoms with Crippen LogP contribution in [0.15, 0.2) is 12.1 Å². The summed E-state index contributed by atoms with van der Waals surface area (Å²) in [4.78, 5) is 10.8. The lowest BCUT2D eigenvalue weighted by Gasteiger charge is -2.20. The van der Waals surface area contributed by atoms with Crippen molar-refractivity contribution in [1.29, 1.82) is 0 Å². The largest absolute Gasteiger partial charge is 0.393 e. The summed E-state index contributed by atoms with van der Waals surface area (Å²) in [5.41, 5.74) is -1.16. The Labute approximate surface area is 96.7 Å². The van der Waals surface area contributed by atoms with Gasteiger partial charge in [0.2, 0.25) is 0 Å². The van der Waals surface area contributed by atoms with Crippen LogP contribution in [0.25, 0.3) is 0 Å². The molecule has 6 nitrogen and oxygen atoms in total. The number of nitro groups is 1. The Balaban J connectivity index is 2.40. The Morgan fingerprint density at radius 1 is 1.62 bits per heavy atom. The van der Waals surface area contributed by atoms with E-state index in [1.807, 2.05) is 0 Å². The maximum atomic E-state index is 10.4. The van der Waals surface area contributed by atoms with E-state index in [4.69, 9.17) is 5.11 Å². The summed E-state index contributed by atoms with van der Waals surface area (Å²) in [7, 11) is 0. The second kappa shape index (κ2) is 5.35. The molecule has 1 aromatic heterocycles. The lowest BCUT2D eigenvalue weighted by atomic mass is 10.1. The molecule has 0 saturated carbocycles. The molecule has 1 rings (SSSR count). The minimum absolute atomic E-state index is 0.103. The molecule has 16 heavy (non-hydrogen) atoms. The Morgan fingerprint density at radius 2 is 2.31 bits per heavy atom. The summed E-state index contributed by atoms with van der Waals surface area (Å²) < 4.78 is 0. The number of aliphatic hydroxyl groups excluding tert-OH is 1. The van der Waals surface area contributed by atoms with Gasteiger partial charge in [0.25, 0.3) is 0 Å². The highest BCUT2D eigenvalue weighted by atomic mass is 32.1. The monoisotopic (exact) mass is 246 g/mol. The van der Waals surface area contributed by atoms with Crippen molar-refractivity contribution in [3.8, 4) is 0 Å². The zero-order valence-electron chi connectivity index (χ0n) is 8.84. The molecule has 3 N–H and O–H groups in total. The maximum Gasteiger partial charge on any atom is 0.324 e. The molecule has 7 heteroatoms. The van der Waals surface area contributed by atoms with Crippen molar-refractivity contribution >= 4 is 16.3 Å². The highest BCUT2D eigenvalue weighted by Crippen LogP contribution is 2.23. The Hall–Kier alpha value is -1.02. The van der Waals surface area contributed by atoms with E-state index >= 15 is 0 Å². The van der Waals surface area contributed by atoms with Gasteiger partial charge < -0.3 is 15.5 Å². The molecular weight excluding hydrogens is 232 g/mol. The highest BCUT2D eigenvalue weighted by molar-refractivity contribution is 7.15. The van der Waals surface area contributed by atoms with Gasteiger partial charge in [-0.1, -0.05) is 11.3 Å². The van der Waals surface area contributed by atoms with Crippen LogP contribution in [0, 0.1) is 10.1 Å². The van der Waals surface area contributed by atoms with Gasteiger partial charge in [-0.25, -0.2) is 0 Å². The standard InChI is InChI=1S/C9H14N2O4S/c1-9(13,6-12)5-10-4-7-2-3-8(16-7)11(14)15/h2-3,10,12-13H,4-6H2,1H3. The van der Waals surface area contributed by atoms with Crippen molar-refractivity contribution in [1.82, 2.24) is 5.32 Å². The third-order valence-electron chi connectivity index (χ3n) is 1.97. The normalized spacial score (nSPS) is 14.7. The molecule has 0 aliphatic carbocycles. The number of hydrogen-bond acceptors (Lipinski definition) is 6. The summed E-state index contributed by atoms with van der Waals surface area (Å²) >= 11 is 1.09. The maximum absolute atomic E-state index is 10.4. The van der Waals surface area contributed by atoms with Gasteiger partial charge in [-0.2, -0.15) is 0 Å². The Bertz CT molecular complexity index is 364. The van der Waals surface area contributed by atoms with Crippen LogP contribution in [-0.2, 0) is 6.54 Å². The van der Waals surface area contributed by atoms with Gasteiger partial charge in [0.1, 0.15) is 0 Å². The van der Waals surface area contributed by atoms with Crippen molar-refractivity contribution in [3.63, 3.8) is 0 Å². The van der Waals surface area contributed by atoms with Gasteiger partial charge in [0, 0.05) is 24.0 Å². The number of thiophene rings is 1. The summed E-state index contributed by atoms with van der Waals surface area (Å²) in [6, 6.07) is 3.12. The molecular formula is C9H14N2O4S. The molecule has 0 aliphatic rings. The van der Waals surface area contributed by atoms with Gasteiger partial charge in [-0.15, -0.1) is 0 Å². The summed E-state index contributed by atoms with van der Waals surface area (Å²) in [5.74, 6) is 0. The SMILES string of the molecule is CC(O)(CO)CNCc1ccc([N+](=O)[O-])s1. The molecule has 1 heterocycles. The number of aliphatic hydroxyl groups is 2. The van der Waals surface area contributed by atoms with Crippen molar-refractivity contribution in [3.05, 3.63) is 27.1 Å². The van der Waals surface area contributed by atoms with E-state index in [0.717, 1.165) is 16.2 Å². The van der Waals surface area contributed by atoms with Crippen LogP contribution in [0.4, 0.5) is 5.00 Å². The van der Waals surface area contributed by atoms with Crippen LogP contribution >= 0.6 is 11.3 Å². The van der Waals surface area contributed by atoms with Crippen LogP contribution in [0.1, 0.15) is 11.8 Å². The molecule has 1 aromatic rings.